The molecule has 0 aromatic carbocycles. The minimum atomic E-state index is 0.830. The molecule has 1 nitrogen and oxygen atoms in total. The summed E-state index contributed by atoms with van der Waals surface area (Å²) in [6.45, 7) is 0.855. The van der Waals surface area contributed by atoms with Crippen LogP contribution in [0, 0.1) is 0 Å². The molecule has 1 N–H and O–H groups in total. The molecule has 0 radical (unpaired) electrons. The molecule has 2 aromatic heterocycles. The van der Waals surface area contributed by atoms with Crippen LogP contribution < -0.4 is 5.32 Å². The van der Waals surface area contributed by atoms with Crippen LogP contribution in [0.3, 0.4) is 0 Å². The molecule has 0 amide bonds. The molecule has 0 aliphatic heterocycles. The van der Waals surface area contributed by atoms with E-state index in [4.69, 9.17) is 11.6 Å². The normalized spacial score (nSPS) is 10.2. The molecule has 0 atom stereocenters. The van der Waals surface area contributed by atoms with Crippen molar-refractivity contribution in [2.24, 2.45) is 0 Å². The molecular weight excluding hydrogens is 222 g/mol. The first-order valence-electron chi connectivity index (χ1n) is 3.85. The van der Waals surface area contributed by atoms with Crippen LogP contribution in [0.4, 0.5) is 5.69 Å². The molecule has 0 aliphatic carbocycles. The standard InChI is InChI=1S/C9H8ClNS2/c10-9-8(3-5-13-9)11-6-7-2-1-4-12-7/h1-5,11H,6H2. The zero-order chi connectivity index (χ0) is 9.10. The Kier molecular flexibility index (Phi) is 2.88. The predicted molar refractivity (Wildman–Crippen MR) is 61.0 cm³/mol. The Morgan fingerprint density at radius 3 is 2.77 bits per heavy atom. The van der Waals surface area contributed by atoms with Gasteiger partial charge in [-0.3, -0.25) is 0 Å². The third kappa shape index (κ3) is 2.24. The van der Waals surface area contributed by atoms with Gasteiger partial charge in [0.25, 0.3) is 0 Å². The van der Waals surface area contributed by atoms with Gasteiger partial charge in [-0.15, -0.1) is 22.7 Å². The van der Waals surface area contributed by atoms with E-state index in [2.05, 4.69) is 22.8 Å². The van der Waals surface area contributed by atoms with Crippen molar-refractivity contribution in [2.45, 2.75) is 6.54 Å². The second-order valence-electron chi connectivity index (χ2n) is 2.54. The number of rotatable bonds is 3. The first-order chi connectivity index (χ1) is 6.36. The highest BCUT2D eigenvalue weighted by Crippen LogP contribution is 2.28. The molecule has 0 saturated carbocycles. The molecule has 0 spiro atoms. The second-order valence-corrected chi connectivity index (χ2v) is 5.09. The third-order valence-electron chi connectivity index (χ3n) is 1.65. The van der Waals surface area contributed by atoms with E-state index in [1.807, 2.05) is 11.4 Å². The van der Waals surface area contributed by atoms with Gasteiger partial charge in [0.05, 0.1) is 5.69 Å². The summed E-state index contributed by atoms with van der Waals surface area (Å²) < 4.78 is 0.830. The fourth-order valence-electron chi connectivity index (χ4n) is 1.01. The topological polar surface area (TPSA) is 12.0 Å². The Labute approximate surface area is 90.0 Å². The lowest BCUT2D eigenvalue weighted by Crippen LogP contribution is -1.95. The maximum Gasteiger partial charge on any atom is 0.116 e. The lowest BCUT2D eigenvalue weighted by atomic mass is 10.4. The van der Waals surface area contributed by atoms with Gasteiger partial charge in [0.1, 0.15) is 4.34 Å². The average molecular weight is 230 g/mol. The first-order valence-corrected chi connectivity index (χ1v) is 5.99. The third-order valence-corrected chi connectivity index (χ3v) is 3.70. The highest BCUT2D eigenvalue weighted by atomic mass is 35.5. The lowest BCUT2D eigenvalue weighted by molar-refractivity contribution is 1.20. The molecule has 13 heavy (non-hydrogen) atoms. The molecule has 0 saturated heterocycles. The summed E-state index contributed by atoms with van der Waals surface area (Å²) in [4.78, 5) is 1.32. The van der Waals surface area contributed by atoms with E-state index in [1.54, 1.807) is 22.7 Å². The van der Waals surface area contributed by atoms with Crippen LogP contribution in [-0.4, -0.2) is 0 Å². The summed E-state index contributed by atoms with van der Waals surface area (Å²) in [6, 6.07) is 6.16. The average Bonchev–Trinajstić information content (AvgIpc) is 2.72. The Morgan fingerprint density at radius 2 is 2.15 bits per heavy atom. The Morgan fingerprint density at radius 1 is 1.23 bits per heavy atom. The highest BCUT2D eigenvalue weighted by Gasteiger charge is 2.00. The first kappa shape index (κ1) is 9.06. The number of nitrogens with one attached hydrogen (secondary N) is 1. The van der Waals surface area contributed by atoms with Crippen molar-refractivity contribution < 1.29 is 0 Å². The van der Waals surface area contributed by atoms with Crippen LogP contribution in [-0.2, 0) is 6.54 Å². The van der Waals surface area contributed by atoms with Gasteiger partial charge in [-0.1, -0.05) is 17.7 Å². The zero-order valence-corrected chi connectivity index (χ0v) is 9.18. The summed E-state index contributed by atoms with van der Waals surface area (Å²) in [6.07, 6.45) is 0. The predicted octanol–water partition coefficient (Wildman–Crippen LogP) is 4.08. The molecular formula is C9H8ClNS2. The maximum absolute atomic E-state index is 5.94. The van der Waals surface area contributed by atoms with Gasteiger partial charge in [-0.25, -0.2) is 0 Å². The fraction of sp³-hybridized carbons (Fsp3) is 0.111. The van der Waals surface area contributed by atoms with Crippen molar-refractivity contribution in [3.63, 3.8) is 0 Å². The van der Waals surface area contributed by atoms with Crippen LogP contribution in [0.5, 0.6) is 0 Å². The maximum atomic E-state index is 5.94. The van der Waals surface area contributed by atoms with Crippen molar-refractivity contribution >= 4 is 40.0 Å². The van der Waals surface area contributed by atoms with Gasteiger partial charge < -0.3 is 5.32 Å². The van der Waals surface area contributed by atoms with E-state index >= 15 is 0 Å². The minimum absolute atomic E-state index is 0.830. The minimum Gasteiger partial charge on any atom is -0.378 e. The summed E-state index contributed by atoms with van der Waals surface area (Å²) in [7, 11) is 0. The smallest absolute Gasteiger partial charge is 0.116 e. The number of thiophene rings is 2. The number of anilines is 1. The van der Waals surface area contributed by atoms with E-state index in [-0.39, 0.29) is 0 Å². The van der Waals surface area contributed by atoms with E-state index < -0.39 is 0 Å². The van der Waals surface area contributed by atoms with Crippen LogP contribution >= 0.6 is 34.3 Å². The SMILES string of the molecule is Clc1sccc1NCc1cccs1. The Bertz CT molecular complexity index is 367. The van der Waals surface area contributed by atoms with Crippen molar-refractivity contribution in [2.75, 3.05) is 5.32 Å². The molecule has 2 heterocycles. The van der Waals surface area contributed by atoms with Crippen molar-refractivity contribution in [1.82, 2.24) is 0 Å². The van der Waals surface area contributed by atoms with Gasteiger partial charge in [0.2, 0.25) is 0 Å². The summed E-state index contributed by atoms with van der Waals surface area (Å²) in [5.74, 6) is 0. The number of hydrogen-bond donors (Lipinski definition) is 1. The number of halogens is 1. The van der Waals surface area contributed by atoms with Gasteiger partial charge in [0.15, 0.2) is 0 Å². The summed E-state index contributed by atoms with van der Waals surface area (Å²) in [5.41, 5.74) is 1.03. The zero-order valence-electron chi connectivity index (χ0n) is 6.79. The molecule has 2 rings (SSSR count). The van der Waals surface area contributed by atoms with Gasteiger partial charge in [0, 0.05) is 11.4 Å². The van der Waals surface area contributed by atoms with Crippen molar-refractivity contribution in [3.8, 4) is 0 Å². The van der Waals surface area contributed by atoms with E-state index in [0.29, 0.717) is 0 Å². The molecule has 0 unspecified atom stereocenters. The van der Waals surface area contributed by atoms with E-state index in [0.717, 1.165) is 16.6 Å². The van der Waals surface area contributed by atoms with Crippen LogP contribution in [0.2, 0.25) is 4.34 Å². The molecule has 2 aromatic rings. The Balaban J connectivity index is 1.97. The van der Waals surface area contributed by atoms with Crippen LogP contribution in [0.1, 0.15) is 4.88 Å². The van der Waals surface area contributed by atoms with E-state index in [1.165, 1.54) is 4.88 Å². The fourth-order valence-corrected chi connectivity index (χ4v) is 2.53. The van der Waals surface area contributed by atoms with Gasteiger partial charge in [-0.05, 0) is 22.9 Å². The van der Waals surface area contributed by atoms with E-state index in [9.17, 15) is 0 Å². The monoisotopic (exact) mass is 229 g/mol. The summed E-state index contributed by atoms with van der Waals surface area (Å²) >= 11 is 9.24. The lowest BCUT2D eigenvalue weighted by Gasteiger charge is -2.01. The second kappa shape index (κ2) is 4.13. The Hall–Kier alpha value is -0.510. The quantitative estimate of drug-likeness (QED) is 0.837. The molecule has 0 bridgehead atoms. The van der Waals surface area contributed by atoms with Crippen molar-refractivity contribution in [3.05, 3.63) is 38.2 Å². The summed E-state index contributed by atoms with van der Waals surface area (Å²) in [5, 5.41) is 7.35. The molecule has 68 valence electrons. The number of hydrogen-bond acceptors (Lipinski definition) is 3. The van der Waals surface area contributed by atoms with Crippen molar-refractivity contribution in [1.29, 1.82) is 0 Å². The van der Waals surface area contributed by atoms with Gasteiger partial charge >= 0.3 is 0 Å². The molecule has 0 fully saturated rings. The van der Waals surface area contributed by atoms with Crippen LogP contribution in [0.15, 0.2) is 29.0 Å². The highest BCUT2D eigenvalue weighted by molar-refractivity contribution is 7.15. The molecule has 0 aliphatic rings. The largest absolute Gasteiger partial charge is 0.378 e. The van der Waals surface area contributed by atoms with Crippen LogP contribution in [0.25, 0.3) is 0 Å². The molecule has 4 heteroatoms. The van der Waals surface area contributed by atoms with Gasteiger partial charge in [-0.2, -0.15) is 0 Å².